The van der Waals surface area contributed by atoms with E-state index < -0.39 is 53.3 Å². The minimum atomic E-state index is -1.16. The summed E-state index contributed by atoms with van der Waals surface area (Å²) in [6.07, 6.45) is 11.7. The third-order valence-electron chi connectivity index (χ3n) is 15.8. The zero-order valence-electron chi connectivity index (χ0n) is 35.2. The lowest BCUT2D eigenvalue weighted by Crippen LogP contribution is -2.60. The number of aliphatic hydroxyl groups is 3. The molecular formula is C45H70N2O10S. The second kappa shape index (κ2) is 16.4. The molecule has 13 heteroatoms. The lowest BCUT2D eigenvalue weighted by Gasteiger charge is -2.50. The van der Waals surface area contributed by atoms with Crippen molar-refractivity contribution in [1.29, 1.82) is 0 Å². The van der Waals surface area contributed by atoms with Crippen molar-refractivity contribution in [3.8, 4) is 0 Å². The summed E-state index contributed by atoms with van der Waals surface area (Å²) in [5.74, 6) is -3.43. The molecular weight excluding hydrogens is 761 g/mol. The van der Waals surface area contributed by atoms with Crippen LogP contribution in [0.5, 0.6) is 0 Å². The van der Waals surface area contributed by atoms with Gasteiger partial charge in [0.15, 0.2) is 11.6 Å². The number of aliphatic imine (C=N–C) groups is 1. The predicted octanol–water partition coefficient (Wildman–Crippen LogP) is 6.04. The third kappa shape index (κ3) is 7.94. The first-order valence-corrected chi connectivity index (χ1v) is 23.5. The molecule has 0 aromatic heterocycles. The fourth-order valence-corrected chi connectivity index (χ4v) is 13.3. The minimum Gasteiger partial charge on any atom is -0.480 e. The summed E-state index contributed by atoms with van der Waals surface area (Å²) in [6, 6.07) is -1.03. The Morgan fingerprint density at radius 1 is 0.931 bits per heavy atom. The number of nitrogens with two attached hydrogens (primary N) is 1. The normalized spacial score (nSPS) is 48.1. The minimum absolute atomic E-state index is 0.0821. The van der Waals surface area contributed by atoms with Gasteiger partial charge in [0.25, 0.3) is 0 Å². The molecule has 0 aromatic rings. The van der Waals surface area contributed by atoms with E-state index >= 15 is 0 Å². The molecule has 16 atom stereocenters. The van der Waals surface area contributed by atoms with E-state index in [1.165, 1.54) is 17.5 Å². The number of aliphatic hydroxyl groups excluding tert-OH is 2. The number of carbonyl (C=O) groups is 1. The number of carboxylic acid groups (broad SMARTS) is 1. The molecule has 0 amide bonds. The van der Waals surface area contributed by atoms with Crippen molar-refractivity contribution in [2.24, 2.45) is 39.8 Å². The van der Waals surface area contributed by atoms with E-state index in [1.54, 1.807) is 0 Å². The maximum atomic E-state index is 12.0. The quantitative estimate of drug-likeness (QED) is 0.196. The van der Waals surface area contributed by atoms with E-state index in [0.29, 0.717) is 50.4 Å². The highest BCUT2D eigenvalue weighted by Crippen LogP contribution is 2.59. The van der Waals surface area contributed by atoms with Crippen molar-refractivity contribution >= 4 is 23.4 Å². The summed E-state index contributed by atoms with van der Waals surface area (Å²) in [6.45, 7) is 13.7. The Labute approximate surface area is 349 Å². The van der Waals surface area contributed by atoms with Crippen LogP contribution in [0.2, 0.25) is 0 Å². The average molecular weight is 831 g/mol. The van der Waals surface area contributed by atoms with Crippen LogP contribution in [-0.4, -0.2) is 116 Å². The molecule has 6 fully saturated rings. The molecule has 8 aliphatic rings. The number of hydrogen-bond acceptors (Lipinski definition) is 12. The number of thioether (sulfide) groups is 1. The fourth-order valence-electron chi connectivity index (χ4n) is 12.2. The van der Waals surface area contributed by atoms with Gasteiger partial charge in [-0.3, -0.25) is 9.79 Å². The maximum Gasteiger partial charge on any atom is 0.321 e. The van der Waals surface area contributed by atoms with Gasteiger partial charge in [0.05, 0.1) is 31.0 Å². The van der Waals surface area contributed by atoms with Crippen LogP contribution in [0.1, 0.15) is 130 Å². The van der Waals surface area contributed by atoms with Crippen LogP contribution in [0.3, 0.4) is 0 Å². The number of ether oxygens (including phenoxy) is 5. The summed E-state index contributed by atoms with van der Waals surface area (Å²) >= 11 is 1.39. The number of aliphatic carboxylic acids is 1. The molecule has 7 bridgehead atoms. The Bertz CT molecular complexity index is 1620. The smallest absolute Gasteiger partial charge is 0.321 e. The first kappa shape index (κ1) is 43.3. The van der Waals surface area contributed by atoms with Gasteiger partial charge in [-0.25, -0.2) is 0 Å². The second-order valence-corrected chi connectivity index (χ2v) is 21.3. The maximum absolute atomic E-state index is 12.0. The van der Waals surface area contributed by atoms with Crippen molar-refractivity contribution in [2.75, 3.05) is 18.9 Å². The number of nitrogens with zero attached hydrogens (tertiary/aromatic N) is 1. The first-order chi connectivity index (χ1) is 27.5. The zero-order valence-corrected chi connectivity index (χ0v) is 36.1. The topological polar surface area (TPSA) is 183 Å². The van der Waals surface area contributed by atoms with E-state index in [9.17, 15) is 25.2 Å². The molecule has 326 valence electrons. The average Bonchev–Trinajstić information content (AvgIpc) is 3.65. The van der Waals surface area contributed by atoms with Crippen LogP contribution in [-0.2, 0) is 28.5 Å². The summed E-state index contributed by atoms with van der Waals surface area (Å²) in [5, 5.41) is 43.8. The number of hydrogen-bond donors (Lipinski definition) is 5. The molecule has 12 nitrogen and oxygen atoms in total. The van der Waals surface area contributed by atoms with Crippen LogP contribution in [0, 0.1) is 29.1 Å². The third-order valence-corrected chi connectivity index (χ3v) is 17.2. The molecule has 7 aliphatic heterocycles. The Hall–Kier alpha value is -1.39. The van der Waals surface area contributed by atoms with Crippen LogP contribution < -0.4 is 5.73 Å². The van der Waals surface area contributed by atoms with Gasteiger partial charge in [0.2, 0.25) is 5.79 Å². The number of carboxylic acids is 1. The van der Waals surface area contributed by atoms with E-state index in [2.05, 4.69) is 33.4 Å². The predicted molar refractivity (Wildman–Crippen MR) is 221 cm³/mol. The molecule has 6 N–H and O–H groups in total. The van der Waals surface area contributed by atoms with Crippen LogP contribution >= 0.6 is 11.8 Å². The molecule has 6 saturated heterocycles. The van der Waals surface area contributed by atoms with Gasteiger partial charge < -0.3 is 49.8 Å². The molecule has 58 heavy (non-hydrogen) atoms. The van der Waals surface area contributed by atoms with Gasteiger partial charge in [-0.15, -0.1) is 11.8 Å². The highest BCUT2D eigenvalue weighted by atomic mass is 32.2. The number of rotatable bonds is 6. The highest BCUT2D eigenvalue weighted by Gasteiger charge is 2.66. The Balaban J connectivity index is 1.20. The van der Waals surface area contributed by atoms with Crippen molar-refractivity contribution in [1.82, 2.24) is 0 Å². The number of fused-ring (bicyclic) bond motifs is 6. The molecule has 1 aliphatic carbocycles. The Morgan fingerprint density at radius 3 is 2.50 bits per heavy atom. The van der Waals surface area contributed by atoms with Crippen LogP contribution in [0.4, 0.5) is 0 Å². The molecule has 0 radical (unpaired) electrons. The molecule has 7 heterocycles. The summed E-state index contributed by atoms with van der Waals surface area (Å²) in [7, 11) is 0. The van der Waals surface area contributed by atoms with Crippen molar-refractivity contribution in [2.45, 2.75) is 195 Å². The standard InChI is InChI=1S/C45H70N2O10S/c1-26-8-6-10-36-42(20-27(2)29(4)23-47-36)15-11-30(35(24-48)58-25-34(46)40(50)51)19-33(42)38-39-37(49)28(3)21-44(55-38,56-39)22-32-9-7-13-43(53-32)16-17-45(57-43)41(5,52)14-12-31(18-26)54-45/h19,27-29,31-35,37-39,48-49,52H,1,6-18,20-25,46H2,2-5H3,(H,50,51)/t27-,28+,29-,31-,32+,33+,34+,35?,37+,38-,39+,41+,42+,43+,44+,45+/m0/s1. The van der Waals surface area contributed by atoms with E-state index in [4.69, 9.17) is 34.4 Å². The van der Waals surface area contributed by atoms with Gasteiger partial charge in [-0.1, -0.05) is 44.6 Å². The largest absolute Gasteiger partial charge is 0.480 e. The first-order valence-electron chi connectivity index (χ1n) is 22.4. The van der Waals surface area contributed by atoms with E-state index in [1.807, 2.05) is 6.92 Å². The zero-order chi connectivity index (χ0) is 41.3. The van der Waals surface area contributed by atoms with Crippen molar-refractivity contribution in [3.63, 3.8) is 0 Å². The van der Waals surface area contributed by atoms with Crippen LogP contribution in [0.15, 0.2) is 28.8 Å². The van der Waals surface area contributed by atoms with Gasteiger partial charge in [0.1, 0.15) is 17.7 Å². The highest BCUT2D eigenvalue weighted by molar-refractivity contribution is 8.00. The van der Waals surface area contributed by atoms with Gasteiger partial charge in [-0.05, 0) is 95.3 Å². The molecule has 0 aromatic carbocycles. The van der Waals surface area contributed by atoms with Gasteiger partial charge >= 0.3 is 5.97 Å². The van der Waals surface area contributed by atoms with E-state index in [0.717, 1.165) is 81.9 Å². The lowest BCUT2D eigenvalue weighted by molar-refractivity contribution is -0.403. The molecule has 0 saturated carbocycles. The molecule has 4 spiro atoms. The monoisotopic (exact) mass is 830 g/mol. The second-order valence-electron chi connectivity index (χ2n) is 20.0. The van der Waals surface area contributed by atoms with E-state index in [-0.39, 0.29) is 47.1 Å². The Kier molecular flexibility index (Phi) is 12.2. The van der Waals surface area contributed by atoms with Crippen molar-refractivity contribution < 1.29 is 48.9 Å². The lowest BCUT2D eigenvalue weighted by atomic mass is 9.57. The molecule has 8 rings (SSSR count). The fraction of sp³-hybridized carbons (Fsp3) is 0.867. The summed E-state index contributed by atoms with van der Waals surface area (Å²) < 4.78 is 35.3. The Morgan fingerprint density at radius 2 is 1.72 bits per heavy atom. The van der Waals surface area contributed by atoms with Gasteiger partial charge in [0, 0.05) is 66.7 Å². The SMILES string of the molecule is C=C1CCCC2=NC[C@H](C)[C@@H](C)C[C@@]23CCC(C(CO)SC[C@@H](N)C(=O)O)=C[C@@H]3[C@@H]2O[C@]3(C[C@H]4CCC[C@@]5(CC[C@@]6(O[C@@H](CC[C@@]6(C)O)C1)O5)O4)C[C@@H](C)[C@@H](O)[C@H]2O3. The van der Waals surface area contributed by atoms with Crippen molar-refractivity contribution in [3.05, 3.63) is 23.8 Å². The summed E-state index contributed by atoms with van der Waals surface area (Å²) in [5.41, 5.74) is 7.80. The molecule has 1 unspecified atom stereocenters. The summed E-state index contributed by atoms with van der Waals surface area (Å²) in [4.78, 5) is 17.2. The van der Waals surface area contributed by atoms with Crippen LogP contribution in [0.25, 0.3) is 0 Å². The van der Waals surface area contributed by atoms with Gasteiger partial charge in [-0.2, -0.15) is 0 Å².